The number of rotatable bonds is 20. The Morgan fingerprint density at radius 2 is 0.958 bits per heavy atom. The summed E-state index contributed by atoms with van der Waals surface area (Å²) in [7, 11) is 0. The Kier molecular flexibility index (Phi) is 20.4. The highest BCUT2D eigenvalue weighted by Gasteiger charge is 2.02. The van der Waals surface area contributed by atoms with Crippen molar-refractivity contribution in [3.63, 3.8) is 0 Å². The van der Waals surface area contributed by atoms with Gasteiger partial charge in [-0.15, -0.1) is 0 Å². The van der Waals surface area contributed by atoms with E-state index in [1.807, 2.05) is 0 Å². The minimum atomic E-state index is -0.459. The molecule has 0 aromatic heterocycles. The van der Waals surface area contributed by atoms with Gasteiger partial charge in [0.05, 0.1) is 6.10 Å². The van der Waals surface area contributed by atoms with Crippen molar-refractivity contribution in [1.82, 2.24) is 0 Å². The molecule has 0 aliphatic heterocycles. The fourth-order valence-corrected chi connectivity index (χ4v) is 3.30. The van der Waals surface area contributed by atoms with Crippen LogP contribution in [0.2, 0.25) is 0 Å². The van der Waals surface area contributed by atoms with Crippen LogP contribution in [-0.4, -0.2) is 17.5 Å². The molecule has 2 heteroatoms. The Bertz CT molecular complexity index is 240. The Morgan fingerprint density at radius 1 is 0.625 bits per heavy atom. The fourth-order valence-electron chi connectivity index (χ4n) is 3.30. The average Bonchev–Trinajstić information content (AvgIpc) is 2.58. The molecule has 0 saturated carbocycles. The third kappa shape index (κ3) is 19.7. The van der Waals surface area contributed by atoms with Gasteiger partial charge in [-0.05, 0) is 6.42 Å². The third-order valence-corrected chi connectivity index (χ3v) is 4.96. The van der Waals surface area contributed by atoms with Crippen LogP contribution >= 0.6 is 0 Å². The first kappa shape index (κ1) is 23.6. The van der Waals surface area contributed by atoms with Gasteiger partial charge < -0.3 is 5.11 Å². The second-order valence-electron chi connectivity index (χ2n) is 7.45. The molecule has 0 spiro atoms. The Balaban J connectivity index is 3.01. The number of unbranched alkanes of at least 4 members (excludes halogenated alkanes) is 16. The average molecular weight is 340 g/mol. The van der Waals surface area contributed by atoms with E-state index >= 15 is 0 Å². The van der Waals surface area contributed by atoms with Crippen molar-refractivity contribution in [1.29, 1.82) is 0 Å². The summed E-state index contributed by atoms with van der Waals surface area (Å²) < 4.78 is 0. The monoisotopic (exact) mass is 339 g/mol. The molecule has 0 aromatic rings. The second-order valence-corrected chi connectivity index (χ2v) is 7.45. The summed E-state index contributed by atoms with van der Waals surface area (Å²) in [6.45, 7) is 2.28. The molecule has 24 heavy (non-hydrogen) atoms. The van der Waals surface area contributed by atoms with Crippen LogP contribution in [0.1, 0.15) is 129 Å². The van der Waals surface area contributed by atoms with Crippen molar-refractivity contribution in [2.75, 3.05) is 0 Å². The van der Waals surface area contributed by atoms with E-state index in [2.05, 4.69) is 6.92 Å². The molecular weight excluding hydrogens is 296 g/mol. The van der Waals surface area contributed by atoms with Gasteiger partial charge in [0, 0.05) is 6.42 Å². The van der Waals surface area contributed by atoms with Crippen molar-refractivity contribution in [2.24, 2.45) is 0 Å². The number of hydrogen-bond donors (Lipinski definition) is 1. The number of hydrogen-bond acceptors (Lipinski definition) is 2. The summed E-state index contributed by atoms with van der Waals surface area (Å²) in [6, 6.07) is 0. The molecule has 0 aromatic carbocycles. The summed E-state index contributed by atoms with van der Waals surface area (Å²) in [5, 5.41) is 9.41. The van der Waals surface area contributed by atoms with Crippen LogP contribution in [0.4, 0.5) is 0 Å². The van der Waals surface area contributed by atoms with E-state index in [0.717, 1.165) is 12.8 Å². The number of aliphatic hydroxyl groups excluding tert-OH is 1. The van der Waals surface area contributed by atoms with Gasteiger partial charge >= 0.3 is 0 Å². The van der Waals surface area contributed by atoms with Gasteiger partial charge in [0.1, 0.15) is 0 Å². The molecule has 0 aliphatic carbocycles. The molecule has 1 N–H and O–H groups in total. The highest BCUT2D eigenvalue weighted by atomic mass is 16.3. The lowest BCUT2D eigenvalue weighted by Gasteiger charge is -2.06. The molecule has 1 unspecified atom stereocenters. The third-order valence-electron chi connectivity index (χ3n) is 4.96. The molecule has 1 atom stereocenters. The standard InChI is InChI=1S/C22H43O2/c1-2-3-4-5-6-7-8-9-10-11-12-13-14-15-16-17-18-19-22(24)20-21-23/h22,24H,2-20H2,1H3. The Hall–Kier alpha value is -0.370. The Morgan fingerprint density at radius 3 is 1.29 bits per heavy atom. The normalized spacial score (nSPS) is 12.4. The lowest BCUT2D eigenvalue weighted by molar-refractivity contribution is 0.167. The molecule has 0 aliphatic rings. The predicted molar refractivity (Wildman–Crippen MR) is 105 cm³/mol. The molecular formula is C22H43O2. The molecule has 0 bridgehead atoms. The summed E-state index contributed by atoms with van der Waals surface area (Å²) in [5.74, 6) is 0. The van der Waals surface area contributed by atoms with E-state index in [4.69, 9.17) is 0 Å². The van der Waals surface area contributed by atoms with E-state index in [9.17, 15) is 9.90 Å². The van der Waals surface area contributed by atoms with Gasteiger partial charge in [0.2, 0.25) is 6.29 Å². The summed E-state index contributed by atoms with van der Waals surface area (Å²) in [5.41, 5.74) is 0. The van der Waals surface area contributed by atoms with E-state index in [0.29, 0.717) is 0 Å². The van der Waals surface area contributed by atoms with Crippen LogP contribution in [0.25, 0.3) is 0 Å². The second kappa shape index (κ2) is 20.7. The van der Waals surface area contributed by atoms with Gasteiger partial charge in [0.15, 0.2) is 0 Å². The van der Waals surface area contributed by atoms with Crippen molar-refractivity contribution in [3.05, 3.63) is 0 Å². The number of aliphatic hydroxyl groups is 1. The fraction of sp³-hybridized carbons (Fsp3) is 0.955. The lowest BCUT2D eigenvalue weighted by atomic mass is 10.0. The van der Waals surface area contributed by atoms with Crippen molar-refractivity contribution in [3.8, 4) is 0 Å². The molecule has 0 rings (SSSR count). The van der Waals surface area contributed by atoms with Crippen LogP contribution in [0.15, 0.2) is 0 Å². The maximum Gasteiger partial charge on any atom is 0.201 e. The maximum absolute atomic E-state index is 10.1. The quantitative estimate of drug-likeness (QED) is 0.245. The largest absolute Gasteiger partial charge is 0.393 e. The van der Waals surface area contributed by atoms with Gasteiger partial charge in [-0.3, -0.25) is 4.79 Å². The highest BCUT2D eigenvalue weighted by molar-refractivity contribution is 5.51. The predicted octanol–water partition coefficient (Wildman–Crippen LogP) is 6.89. The lowest BCUT2D eigenvalue weighted by Crippen LogP contribution is -2.06. The van der Waals surface area contributed by atoms with E-state index in [1.54, 1.807) is 6.29 Å². The summed E-state index contributed by atoms with van der Waals surface area (Å²) >= 11 is 0. The zero-order valence-electron chi connectivity index (χ0n) is 16.4. The first-order valence-electron chi connectivity index (χ1n) is 10.8. The van der Waals surface area contributed by atoms with Crippen LogP contribution in [0, 0.1) is 0 Å². The molecule has 1 radical (unpaired) electrons. The highest BCUT2D eigenvalue weighted by Crippen LogP contribution is 2.14. The zero-order valence-corrected chi connectivity index (χ0v) is 16.4. The minimum Gasteiger partial charge on any atom is -0.393 e. The van der Waals surface area contributed by atoms with Gasteiger partial charge in [-0.1, -0.05) is 116 Å². The van der Waals surface area contributed by atoms with E-state index in [1.165, 1.54) is 103 Å². The molecule has 0 amide bonds. The van der Waals surface area contributed by atoms with Gasteiger partial charge in [-0.2, -0.15) is 0 Å². The van der Waals surface area contributed by atoms with Crippen molar-refractivity contribution in [2.45, 2.75) is 135 Å². The smallest absolute Gasteiger partial charge is 0.201 e. The van der Waals surface area contributed by atoms with E-state index in [-0.39, 0.29) is 6.42 Å². The molecule has 0 fully saturated rings. The van der Waals surface area contributed by atoms with E-state index < -0.39 is 6.10 Å². The summed E-state index contributed by atoms with van der Waals surface area (Å²) in [4.78, 5) is 10.1. The number of carbonyl (C=O) groups excluding carboxylic acids is 1. The Labute approximate surface area is 151 Å². The van der Waals surface area contributed by atoms with Gasteiger partial charge in [0.25, 0.3) is 0 Å². The summed E-state index contributed by atoms with van der Waals surface area (Å²) in [6.07, 6.45) is 25.5. The van der Waals surface area contributed by atoms with Gasteiger partial charge in [-0.25, -0.2) is 0 Å². The maximum atomic E-state index is 10.1. The van der Waals surface area contributed by atoms with Crippen molar-refractivity contribution < 1.29 is 9.90 Å². The van der Waals surface area contributed by atoms with Crippen LogP contribution in [-0.2, 0) is 4.79 Å². The molecule has 143 valence electrons. The van der Waals surface area contributed by atoms with Crippen LogP contribution in [0.3, 0.4) is 0 Å². The SMILES string of the molecule is CCCCCCCCCCCCCCCCCCCC(O)C[C]=O. The first-order valence-corrected chi connectivity index (χ1v) is 10.8. The molecule has 0 saturated heterocycles. The first-order chi connectivity index (χ1) is 11.8. The molecule has 0 heterocycles. The topological polar surface area (TPSA) is 37.3 Å². The zero-order chi connectivity index (χ0) is 17.7. The molecule has 2 nitrogen and oxygen atoms in total. The van der Waals surface area contributed by atoms with Crippen molar-refractivity contribution >= 4 is 6.29 Å². The van der Waals surface area contributed by atoms with Crippen LogP contribution < -0.4 is 0 Å². The van der Waals surface area contributed by atoms with Crippen LogP contribution in [0.5, 0.6) is 0 Å². The minimum absolute atomic E-state index is 0.179.